The first-order chi connectivity index (χ1) is 10.7. The number of carbonyl (C=O) groups excluding carboxylic acids is 1. The van der Waals surface area contributed by atoms with Gasteiger partial charge in [0.05, 0.1) is 17.2 Å². The van der Waals surface area contributed by atoms with Crippen LogP contribution >= 0.6 is 15.9 Å². The van der Waals surface area contributed by atoms with Crippen molar-refractivity contribution in [2.45, 2.75) is 38.5 Å². The van der Waals surface area contributed by atoms with Gasteiger partial charge in [-0.15, -0.1) is 0 Å². The highest BCUT2D eigenvalue weighted by molar-refractivity contribution is 9.10. The fourth-order valence-corrected chi connectivity index (χ4v) is 3.18. The number of anilines is 1. The molecule has 9 heteroatoms. The summed E-state index contributed by atoms with van der Waals surface area (Å²) >= 11 is 3.38. The first kappa shape index (κ1) is 16.1. The average Bonchev–Trinajstić information content (AvgIpc) is 2.84. The lowest BCUT2D eigenvalue weighted by Crippen LogP contribution is -2.41. The standard InChI is InChI=1S/C14H14BrF3N4O/c1-6-5-8-11(10(19)9(6)15)21-12-7(3-2-4-22(8)12)20-13(23)14(16,17)18/h5,7H,2-4,19H2,1H3,(H,20,23)/t7-/m1/s1. The van der Waals surface area contributed by atoms with E-state index < -0.39 is 18.1 Å². The van der Waals surface area contributed by atoms with E-state index in [0.717, 1.165) is 15.6 Å². The lowest BCUT2D eigenvalue weighted by Gasteiger charge is -2.25. The maximum Gasteiger partial charge on any atom is 0.471 e. The summed E-state index contributed by atoms with van der Waals surface area (Å²) in [6.07, 6.45) is -3.85. The van der Waals surface area contributed by atoms with Gasteiger partial charge in [0.2, 0.25) is 0 Å². The number of nitrogen functional groups attached to an aromatic ring is 1. The smallest absolute Gasteiger partial charge is 0.396 e. The molecule has 0 fully saturated rings. The topological polar surface area (TPSA) is 72.9 Å². The van der Waals surface area contributed by atoms with E-state index in [0.29, 0.717) is 36.4 Å². The third-order valence-electron chi connectivity index (χ3n) is 3.98. The van der Waals surface area contributed by atoms with Gasteiger partial charge in [-0.3, -0.25) is 4.79 Å². The van der Waals surface area contributed by atoms with Gasteiger partial charge in [-0.1, -0.05) is 0 Å². The van der Waals surface area contributed by atoms with Gasteiger partial charge in [-0.25, -0.2) is 4.98 Å². The molecule has 3 N–H and O–H groups in total. The Hall–Kier alpha value is -1.77. The lowest BCUT2D eigenvalue weighted by atomic mass is 10.1. The van der Waals surface area contributed by atoms with Gasteiger partial charge in [0.1, 0.15) is 11.3 Å². The average molecular weight is 391 g/mol. The maximum atomic E-state index is 12.5. The van der Waals surface area contributed by atoms with Crippen LogP contribution in [0.1, 0.15) is 30.3 Å². The van der Waals surface area contributed by atoms with E-state index in [1.807, 2.05) is 22.9 Å². The van der Waals surface area contributed by atoms with Crippen molar-refractivity contribution in [2.75, 3.05) is 5.73 Å². The molecule has 1 atom stereocenters. The van der Waals surface area contributed by atoms with Crippen molar-refractivity contribution in [2.24, 2.45) is 0 Å². The molecule has 23 heavy (non-hydrogen) atoms. The molecule has 0 radical (unpaired) electrons. The van der Waals surface area contributed by atoms with Crippen LogP contribution in [-0.4, -0.2) is 21.6 Å². The Morgan fingerprint density at radius 2 is 2.22 bits per heavy atom. The Morgan fingerprint density at radius 3 is 2.87 bits per heavy atom. The zero-order valence-corrected chi connectivity index (χ0v) is 13.8. The summed E-state index contributed by atoms with van der Waals surface area (Å²) in [5, 5.41) is 2.02. The van der Waals surface area contributed by atoms with Crippen molar-refractivity contribution < 1.29 is 18.0 Å². The van der Waals surface area contributed by atoms with Gasteiger partial charge in [-0.05, 0) is 47.3 Å². The summed E-state index contributed by atoms with van der Waals surface area (Å²) in [7, 11) is 0. The van der Waals surface area contributed by atoms with E-state index in [2.05, 4.69) is 20.9 Å². The first-order valence-electron chi connectivity index (χ1n) is 7.02. The summed E-state index contributed by atoms with van der Waals surface area (Å²) in [5.41, 5.74) is 8.72. The predicted octanol–water partition coefficient (Wildman–Crippen LogP) is 3.20. The van der Waals surface area contributed by atoms with Crippen LogP contribution in [0, 0.1) is 6.92 Å². The molecule has 0 saturated heterocycles. The Labute approximate surface area is 138 Å². The molecular weight excluding hydrogens is 377 g/mol. The third kappa shape index (κ3) is 2.66. The number of hydrogen-bond acceptors (Lipinski definition) is 3. The number of rotatable bonds is 1. The number of imidazole rings is 1. The first-order valence-corrected chi connectivity index (χ1v) is 7.82. The molecule has 1 aromatic carbocycles. The molecule has 0 spiro atoms. The number of benzene rings is 1. The summed E-state index contributed by atoms with van der Waals surface area (Å²) in [5.74, 6) is -1.54. The highest BCUT2D eigenvalue weighted by Crippen LogP contribution is 2.36. The van der Waals surface area contributed by atoms with Crippen LogP contribution in [0.2, 0.25) is 0 Å². The van der Waals surface area contributed by atoms with E-state index in [9.17, 15) is 18.0 Å². The number of nitrogens with two attached hydrogens (primary N) is 1. The van der Waals surface area contributed by atoms with Crippen molar-refractivity contribution in [3.63, 3.8) is 0 Å². The normalized spacial score (nSPS) is 18.0. The third-order valence-corrected chi connectivity index (χ3v) is 5.03. The van der Waals surface area contributed by atoms with Crippen molar-refractivity contribution >= 4 is 38.6 Å². The molecule has 124 valence electrons. The highest BCUT2D eigenvalue weighted by Gasteiger charge is 2.41. The van der Waals surface area contributed by atoms with E-state index in [4.69, 9.17) is 5.73 Å². The van der Waals surface area contributed by atoms with Gasteiger partial charge in [0.25, 0.3) is 0 Å². The Balaban J connectivity index is 2.08. The number of nitrogens with one attached hydrogen (secondary N) is 1. The summed E-state index contributed by atoms with van der Waals surface area (Å²) in [4.78, 5) is 15.6. The molecule has 2 heterocycles. The second-order valence-corrected chi connectivity index (χ2v) is 6.37. The molecule has 0 bridgehead atoms. The zero-order valence-electron chi connectivity index (χ0n) is 12.2. The van der Waals surface area contributed by atoms with Crippen molar-refractivity contribution in [1.82, 2.24) is 14.9 Å². The number of alkyl halides is 3. The fraction of sp³-hybridized carbons (Fsp3) is 0.429. The maximum absolute atomic E-state index is 12.5. The molecule has 0 aliphatic carbocycles. The van der Waals surface area contributed by atoms with E-state index >= 15 is 0 Å². The van der Waals surface area contributed by atoms with E-state index in [1.165, 1.54) is 0 Å². The van der Waals surface area contributed by atoms with Crippen molar-refractivity contribution in [3.05, 3.63) is 21.9 Å². The summed E-state index contributed by atoms with van der Waals surface area (Å²) in [6, 6.07) is 1.11. The minimum Gasteiger partial charge on any atom is -0.396 e. The second-order valence-electron chi connectivity index (χ2n) is 5.58. The van der Waals surface area contributed by atoms with Crippen molar-refractivity contribution in [3.8, 4) is 0 Å². The molecule has 0 saturated carbocycles. The van der Waals surface area contributed by atoms with Gasteiger partial charge in [0.15, 0.2) is 0 Å². The van der Waals surface area contributed by atoms with Crippen LogP contribution in [0.4, 0.5) is 18.9 Å². The van der Waals surface area contributed by atoms with Gasteiger partial charge >= 0.3 is 12.1 Å². The van der Waals surface area contributed by atoms with Crippen LogP contribution in [0.3, 0.4) is 0 Å². The minimum atomic E-state index is -4.91. The number of carbonyl (C=O) groups is 1. The monoisotopic (exact) mass is 390 g/mol. The van der Waals surface area contributed by atoms with Crippen molar-refractivity contribution in [1.29, 1.82) is 0 Å². The SMILES string of the molecule is Cc1cc2c(nc3n2CCC[C@H]3NC(=O)C(F)(F)F)c(N)c1Br. The number of aryl methyl sites for hydroxylation is 2. The number of fused-ring (bicyclic) bond motifs is 3. The van der Waals surface area contributed by atoms with Crippen LogP contribution < -0.4 is 11.1 Å². The van der Waals surface area contributed by atoms with Crippen LogP contribution in [0.5, 0.6) is 0 Å². The number of amides is 1. The molecule has 1 aliphatic rings. The van der Waals surface area contributed by atoms with Crippen LogP contribution in [0.15, 0.2) is 10.5 Å². The largest absolute Gasteiger partial charge is 0.471 e. The molecule has 0 unspecified atom stereocenters. The van der Waals surface area contributed by atoms with E-state index in [-0.39, 0.29) is 0 Å². The van der Waals surface area contributed by atoms with Crippen LogP contribution in [-0.2, 0) is 11.3 Å². The quantitative estimate of drug-likeness (QED) is 0.734. The Kier molecular flexibility index (Phi) is 3.78. The lowest BCUT2D eigenvalue weighted by molar-refractivity contribution is -0.174. The molecule has 2 aromatic rings. The summed E-state index contributed by atoms with van der Waals surface area (Å²) in [6.45, 7) is 2.51. The summed E-state index contributed by atoms with van der Waals surface area (Å²) < 4.78 is 40.0. The molecule has 3 rings (SSSR count). The number of aromatic nitrogens is 2. The molecule has 5 nitrogen and oxygen atoms in total. The minimum absolute atomic E-state index is 0.408. The number of halogens is 4. The molecular formula is C14H14BrF3N4O. The Bertz CT molecular complexity index is 800. The predicted molar refractivity (Wildman–Crippen MR) is 82.8 cm³/mol. The fourth-order valence-electron chi connectivity index (χ4n) is 2.87. The van der Waals surface area contributed by atoms with Gasteiger partial charge in [0, 0.05) is 11.0 Å². The van der Waals surface area contributed by atoms with Gasteiger partial charge in [-0.2, -0.15) is 13.2 Å². The van der Waals surface area contributed by atoms with Crippen LogP contribution in [0.25, 0.3) is 11.0 Å². The number of hydrogen-bond donors (Lipinski definition) is 2. The molecule has 1 amide bonds. The highest BCUT2D eigenvalue weighted by atomic mass is 79.9. The zero-order chi connectivity index (χ0) is 16.9. The van der Waals surface area contributed by atoms with Gasteiger partial charge < -0.3 is 15.6 Å². The second kappa shape index (κ2) is 5.40. The Morgan fingerprint density at radius 1 is 1.52 bits per heavy atom. The van der Waals surface area contributed by atoms with E-state index in [1.54, 1.807) is 0 Å². The molecule has 1 aliphatic heterocycles. The number of nitrogens with zero attached hydrogens (tertiary/aromatic N) is 2. The molecule has 1 aromatic heterocycles.